The van der Waals surface area contributed by atoms with E-state index >= 15 is 0 Å². The molecular formula is C50H92NO10P. The average molecular weight is 898 g/mol. The Morgan fingerprint density at radius 2 is 0.887 bits per heavy atom. The van der Waals surface area contributed by atoms with E-state index in [-0.39, 0.29) is 12.8 Å². The van der Waals surface area contributed by atoms with Gasteiger partial charge in [-0.2, -0.15) is 0 Å². The number of carboxylic acid groups (broad SMARTS) is 1. The third-order valence-corrected chi connectivity index (χ3v) is 11.9. The number of nitrogens with one attached hydrogen (secondary N) is 1. The highest BCUT2D eigenvalue weighted by Crippen LogP contribution is 2.43. The van der Waals surface area contributed by atoms with Crippen molar-refractivity contribution in [1.82, 2.24) is 5.32 Å². The molecule has 62 heavy (non-hydrogen) atoms. The lowest BCUT2D eigenvalue weighted by atomic mass is 10.0. The number of carbonyl (C=O) groups is 3. The molecule has 12 heteroatoms. The minimum absolute atomic E-state index is 0.149. The van der Waals surface area contributed by atoms with Gasteiger partial charge >= 0.3 is 19.8 Å². The van der Waals surface area contributed by atoms with Gasteiger partial charge in [0.15, 0.2) is 6.04 Å². The van der Waals surface area contributed by atoms with Crippen LogP contribution in [0, 0.1) is 0 Å². The Balaban J connectivity index is 3.81. The van der Waals surface area contributed by atoms with Crippen molar-refractivity contribution < 1.29 is 47.8 Å². The Bertz CT molecular complexity index is 1190. The molecule has 0 rings (SSSR count). The molecule has 0 radical (unpaired) electrons. The second kappa shape index (κ2) is 45.3. The van der Waals surface area contributed by atoms with E-state index in [0.29, 0.717) is 12.8 Å². The van der Waals surface area contributed by atoms with Gasteiger partial charge in [0.2, 0.25) is 5.91 Å². The van der Waals surface area contributed by atoms with Crippen LogP contribution in [-0.4, -0.2) is 64.9 Å². The van der Waals surface area contributed by atoms with Crippen molar-refractivity contribution in [2.45, 2.75) is 244 Å². The van der Waals surface area contributed by atoms with E-state index in [1.165, 1.54) is 135 Å². The van der Waals surface area contributed by atoms with Crippen molar-refractivity contribution in [1.29, 1.82) is 0 Å². The fraction of sp³-hybridized carbons (Fsp3) is 0.820. The summed E-state index contributed by atoms with van der Waals surface area (Å²) in [5.74, 6) is -2.37. The molecular weight excluding hydrogens is 806 g/mol. The molecule has 0 aliphatic rings. The number of hydrogen-bond acceptors (Lipinski definition) is 8. The summed E-state index contributed by atoms with van der Waals surface area (Å²) in [6.45, 7) is 2.59. The van der Waals surface area contributed by atoms with Crippen LogP contribution < -0.4 is 5.32 Å². The van der Waals surface area contributed by atoms with Crippen LogP contribution in [0.15, 0.2) is 36.5 Å². The largest absolute Gasteiger partial charge is 0.480 e. The first-order valence-electron chi connectivity index (χ1n) is 25.0. The second-order valence-electron chi connectivity index (χ2n) is 17.0. The van der Waals surface area contributed by atoms with Gasteiger partial charge in [-0.15, -0.1) is 0 Å². The summed E-state index contributed by atoms with van der Waals surface area (Å²) in [4.78, 5) is 46.0. The quantitative estimate of drug-likeness (QED) is 0.0200. The molecule has 362 valence electrons. The number of phosphoric ester groups is 1. The minimum Gasteiger partial charge on any atom is -0.480 e. The predicted octanol–water partition coefficient (Wildman–Crippen LogP) is 13.6. The Kier molecular flexibility index (Phi) is 43.6. The van der Waals surface area contributed by atoms with Crippen LogP contribution in [0.3, 0.4) is 0 Å². The van der Waals surface area contributed by atoms with Gasteiger partial charge in [-0.1, -0.05) is 204 Å². The number of unbranched alkanes of at least 4 members (excludes halogenated alkanes) is 27. The number of carboxylic acids is 1. The van der Waals surface area contributed by atoms with E-state index in [2.05, 4.69) is 55.6 Å². The van der Waals surface area contributed by atoms with Crippen molar-refractivity contribution in [3.05, 3.63) is 36.5 Å². The smallest absolute Gasteiger partial charge is 0.472 e. The first-order chi connectivity index (χ1) is 30.1. The molecule has 0 aromatic heterocycles. The summed E-state index contributed by atoms with van der Waals surface area (Å²) in [6, 6.07) is -1.54. The van der Waals surface area contributed by atoms with Crippen LogP contribution >= 0.6 is 7.82 Å². The van der Waals surface area contributed by atoms with Gasteiger partial charge in [0.05, 0.1) is 13.2 Å². The van der Waals surface area contributed by atoms with Gasteiger partial charge in [0, 0.05) is 12.8 Å². The normalized spacial score (nSPS) is 13.9. The molecule has 0 spiro atoms. The molecule has 0 heterocycles. The number of carbonyl (C=O) groups excluding carboxylic acids is 2. The van der Waals surface area contributed by atoms with E-state index in [1.54, 1.807) is 0 Å². The second-order valence-corrected chi connectivity index (χ2v) is 18.5. The Hall–Kier alpha value is -2.30. The standard InChI is InChI=1S/C50H92NO10P/c1-3-5-7-9-11-13-15-17-19-20-21-22-23-24-25-26-28-30-32-34-36-38-40-42-49(54)59-43-46(52)44-60-62(57,58)61-45-47(50(55)56)51-48(53)41-39-37-35-33-31-29-27-18-16-14-12-10-8-6-4-2/h11,13,17,19,21-22,46-47,52H,3-10,12,14-16,18,20,23-45H2,1-2H3,(H,51,53)(H,55,56)(H,57,58)/b13-11-,19-17-,22-21-. The SMILES string of the molecule is CCCCC/C=C\C/C=C\C/C=C\CCCCCCCCCCCCC(=O)OCC(O)COP(=O)(O)OCC(NC(=O)CCCCCCCCCCCCCCCCC)C(=O)O. The predicted molar refractivity (Wildman–Crippen MR) is 254 cm³/mol. The number of hydrogen-bond donors (Lipinski definition) is 4. The number of esters is 1. The van der Waals surface area contributed by atoms with E-state index in [0.717, 1.165) is 57.8 Å². The topological polar surface area (TPSA) is 169 Å². The third-order valence-electron chi connectivity index (χ3n) is 10.9. The summed E-state index contributed by atoms with van der Waals surface area (Å²) >= 11 is 0. The van der Waals surface area contributed by atoms with Crippen molar-refractivity contribution in [2.75, 3.05) is 19.8 Å². The summed E-state index contributed by atoms with van der Waals surface area (Å²) in [6.07, 6.45) is 50.2. The lowest BCUT2D eigenvalue weighted by molar-refractivity contribution is -0.147. The van der Waals surface area contributed by atoms with Crippen LogP contribution in [-0.2, 0) is 32.7 Å². The maximum absolute atomic E-state index is 12.3. The summed E-state index contributed by atoms with van der Waals surface area (Å²) < 4.78 is 26.9. The zero-order valence-corrected chi connectivity index (χ0v) is 40.3. The first kappa shape index (κ1) is 59.7. The molecule has 0 aliphatic carbocycles. The first-order valence-corrected chi connectivity index (χ1v) is 26.5. The molecule has 1 amide bonds. The molecule has 0 saturated carbocycles. The number of rotatable bonds is 47. The maximum atomic E-state index is 12.3. The zero-order chi connectivity index (χ0) is 45.6. The Labute approximate surface area is 378 Å². The lowest BCUT2D eigenvalue weighted by Gasteiger charge is -2.18. The Morgan fingerprint density at radius 1 is 0.516 bits per heavy atom. The van der Waals surface area contributed by atoms with E-state index < -0.39 is 57.6 Å². The number of ether oxygens (including phenoxy) is 1. The lowest BCUT2D eigenvalue weighted by Crippen LogP contribution is -2.43. The fourth-order valence-electron chi connectivity index (χ4n) is 7.03. The number of aliphatic hydroxyl groups is 1. The average Bonchev–Trinajstić information content (AvgIpc) is 3.25. The summed E-state index contributed by atoms with van der Waals surface area (Å²) in [5.41, 5.74) is 0. The van der Waals surface area contributed by atoms with Gasteiger partial charge in [0.25, 0.3) is 0 Å². The van der Waals surface area contributed by atoms with Gasteiger partial charge in [-0.05, 0) is 51.4 Å². The fourth-order valence-corrected chi connectivity index (χ4v) is 7.80. The number of aliphatic hydroxyl groups excluding tert-OH is 1. The molecule has 0 aromatic rings. The van der Waals surface area contributed by atoms with E-state index in [4.69, 9.17) is 13.8 Å². The van der Waals surface area contributed by atoms with Crippen LogP contribution in [0.25, 0.3) is 0 Å². The van der Waals surface area contributed by atoms with Gasteiger partial charge in [-0.25, -0.2) is 9.36 Å². The summed E-state index contributed by atoms with van der Waals surface area (Å²) in [7, 11) is -4.76. The van der Waals surface area contributed by atoms with Gasteiger partial charge in [-0.3, -0.25) is 18.6 Å². The van der Waals surface area contributed by atoms with Crippen molar-refractivity contribution in [2.24, 2.45) is 0 Å². The van der Waals surface area contributed by atoms with E-state index in [9.17, 15) is 34.1 Å². The highest BCUT2D eigenvalue weighted by atomic mass is 31.2. The molecule has 3 unspecified atom stereocenters. The van der Waals surface area contributed by atoms with Gasteiger partial charge in [0.1, 0.15) is 12.7 Å². The molecule has 0 bridgehead atoms. The van der Waals surface area contributed by atoms with Crippen molar-refractivity contribution >= 4 is 25.7 Å². The van der Waals surface area contributed by atoms with Crippen LogP contribution in [0.2, 0.25) is 0 Å². The number of allylic oxidation sites excluding steroid dienone is 6. The van der Waals surface area contributed by atoms with E-state index in [1.807, 2.05) is 0 Å². The maximum Gasteiger partial charge on any atom is 0.472 e. The highest BCUT2D eigenvalue weighted by Gasteiger charge is 2.28. The van der Waals surface area contributed by atoms with Crippen molar-refractivity contribution in [3.63, 3.8) is 0 Å². The highest BCUT2D eigenvalue weighted by molar-refractivity contribution is 7.47. The molecule has 0 saturated heterocycles. The molecule has 4 N–H and O–H groups in total. The van der Waals surface area contributed by atoms with Crippen LogP contribution in [0.5, 0.6) is 0 Å². The monoisotopic (exact) mass is 898 g/mol. The third kappa shape index (κ3) is 44.3. The zero-order valence-electron chi connectivity index (χ0n) is 39.4. The summed E-state index contributed by atoms with van der Waals surface area (Å²) in [5, 5.41) is 21.9. The molecule has 0 fully saturated rings. The Morgan fingerprint density at radius 3 is 1.35 bits per heavy atom. The number of phosphoric acid groups is 1. The number of amides is 1. The molecule has 3 atom stereocenters. The van der Waals surface area contributed by atoms with Crippen molar-refractivity contribution in [3.8, 4) is 0 Å². The van der Waals surface area contributed by atoms with Crippen LogP contribution in [0.1, 0.15) is 232 Å². The molecule has 11 nitrogen and oxygen atoms in total. The number of aliphatic carboxylic acids is 1. The van der Waals surface area contributed by atoms with Crippen LogP contribution in [0.4, 0.5) is 0 Å². The molecule has 0 aromatic carbocycles. The van der Waals surface area contributed by atoms with Gasteiger partial charge < -0.3 is 25.2 Å². The minimum atomic E-state index is -4.76. The molecule has 0 aliphatic heterocycles.